The Labute approximate surface area is 88.2 Å². The third kappa shape index (κ3) is 2.31. The zero-order chi connectivity index (χ0) is 10.8. The summed E-state index contributed by atoms with van der Waals surface area (Å²) in [6.45, 7) is 3.81. The van der Waals surface area contributed by atoms with Crippen LogP contribution in [0.25, 0.3) is 0 Å². The van der Waals surface area contributed by atoms with Crippen LogP contribution in [0.5, 0.6) is 0 Å². The fourth-order valence-electron chi connectivity index (χ4n) is 1.39. The van der Waals surface area contributed by atoms with Crippen LogP contribution >= 0.6 is 0 Å². The maximum Gasteiger partial charge on any atom is 0.153 e. The highest BCUT2D eigenvalue weighted by Gasteiger charge is 2.01. The first-order valence-corrected chi connectivity index (χ1v) is 4.72. The molecule has 15 heavy (non-hydrogen) atoms. The fraction of sp³-hybridized carbons (Fsp3) is 0.300. The monoisotopic (exact) mass is 203 g/mol. The molecule has 2 heterocycles. The minimum atomic E-state index is 0.758. The predicted octanol–water partition coefficient (Wildman–Crippen LogP) is 1.57. The van der Waals surface area contributed by atoms with Crippen molar-refractivity contribution in [2.45, 2.75) is 13.8 Å². The van der Waals surface area contributed by atoms with Gasteiger partial charge >= 0.3 is 0 Å². The Balaban J connectivity index is 2.24. The Morgan fingerprint density at radius 3 is 2.60 bits per heavy atom. The molecule has 78 valence electrons. The van der Waals surface area contributed by atoms with Crippen LogP contribution in [0, 0.1) is 13.8 Å². The van der Waals surface area contributed by atoms with E-state index in [1.807, 2.05) is 39.2 Å². The summed E-state index contributed by atoms with van der Waals surface area (Å²) < 4.78 is 1.74. The quantitative estimate of drug-likeness (QED) is 0.805. The van der Waals surface area contributed by atoms with Gasteiger partial charge in [-0.1, -0.05) is 0 Å². The molecular formula is C10H13N5. The van der Waals surface area contributed by atoms with Crippen LogP contribution in [0.2, 0.25) is 0 Å². The second kappa shape index (κ2) is 3.68. The largest absolute Gasteiger partial charge is 0.323 e. The number of hydrogen-bond acceptors (Lipinski definition) is 4. The highest BCUT2D eigenvalue weighted by atomic mass is 15.3. The molecule has 0 aliphatic carbocycles. The average molecular weight is 203 g/mol. The summed E-state index contributed by atoms with van der Waals surface area (Å²) in [5, 5.41) is 7.33. The molecule has 0 aliphatic heterocycles. The summed E-state index contributed by atoms with van der Waals surface area (Å²) in [5.41, 5.74) is 0.945. The zero-order valence-electron chi connectivity index (χ0n) is 9.02. The molecule has 1 N–H and O–H groups in total. The first-order chi connectivity index (χ1) is 7.13. The molecule has 0 radical (unpaired) electrons. The SMILES string of the molecule is Cc1cc(Nc2ccn(C)n2)nc(C)n1. The lowest BCUT2D eigenvalue weighted by atomic mass is 10.4. The lowest BCUT2D eigenvalue weighted by Gasteiger charge is -2.03. The van der Waals surface area contributed by atoms with Gasteiger partial charge in [-0.2, -0.15) is 5.10 Å². The molecule has 0 bridgehead atoms. The van der Waals surface area contributed by atoms with Crippen LogP contribution < -0.4 is 5.32 Å². The number of anilines is 2. The van der Waals surface area contributed by atoms with E-state index < -0.39 is 0 Å². The van der Waals surface area contributed by atoms with Crippen molar-refractivity contribution in [3.05, 3.63) is 29.8 Å². The number of aryl methyl sites for hydroxylation is 3. The van der Waals surface area contributed by atoms with E-state index in [-0.39, 0.29) is 0 Å². The van der Waals surface area contributed by atoms with Crippen LogP contribution in [-0.4, -0.2) is 19.7 Å². The van der Waals surface area contributed by atoms with Gasteiger partial charge in [-0.3, -0.25) is 4.68 Å². The van der Waals surface area contributed by atoms with E-state index in [1.54, 1.807) is 4.68 Å². The summed E-state index contributed by atoms with van der Waals surface area (Å²) in [5.74, 6) is 2.32. The Kier molecular flexibility index (Phi) is 2.37. The Morgan fingerprint density at radius 1 is 1.20 bits per heavy atom. The highest BCUT2D eigenvalue weighted by molar-refractivity contribution is 5.50. The van der Waals surface area contributed by atoms with E-state index in [0.29, 0.717) is 0 Å². The van der Waals surface area contributed by atoms with Gasteiger partial charge < -0.3 is 5.32 Å². The van der Waals surface area contributed by atoms with Gasteiger partial charge in [0.2, 0.25) is 0 Å². The topological polar surface area (TPSA) is 55.6 Å². The van der Waals surface area contributed by atoms with Crippen molar-refractivity contribution in [3.63, 3.8) is 0 Å². The molecule has 5 nitrogen and oxygen atoms in total. The van der Waals surface area contributed by atoms with E-state index in [0.717, 1.165) is 23.2 Å². The average Bonchev–Trinajstić information content (AvgIpc) is 2.49. The molecule has 0 saturated carbocycles. The van der Waals surface area contributed by atoms with Gasteiger partial charge in [0.25, 0.3) is 0 Å². The van der Waals surface area contributed by atoms with Crippen molar-refractivity contribution in [3.8, 4) is 0 Å². The van der Waals surface area contributed by atoms with Crippen molar-refractivity contribution in [1.82, 2.24) is 19.7 Å². The number of aromatic nitrogens is 4. The van der Waals surface area contributed by atoms with Gasteiger partial charge in [0.05, 0.1) is 0 Å². The third-order valence-electron chi connectivity index (χ3n) is 1.94. The number of rotatable bonds is 2. The van der Waals surface area contributed by atoms with Gasteiger partial charge in [-0.15, -0.1) is 0 Å². The van der Waals surface area contributed by atoms with Crippen molar-refractivity contribution >= 4 is 11.6 Å². The summed E-state index contributed by atoms with van der Waals surface area (Å²) >= 11 is 0. The van der Waals surface area contributed by atoms with Crippen LogP contribution in [0.4, 0.5) is 11.6 Å². The molecule has 2 aromatic rings. The minimum absolute atomic E-state index is 0.758. The maximum absolute atomic E-state index is 4.27. The first kappa shape index (κ1) is 9.64. The molecular weight excluding hydrogens is 190 g/mol. The van der Waals surface area contributed by atoms with Gasteiger partial charge in [0, 0.05) is 31.1 Å². The van der Waals surface area contributed by atoms with Crippen LogP contribution in [0.15, 0.2) is 18.3 Å². The molecule has 2 aromatic heterocycles. The fourth-order valence-corrected chi connectivity index (χ4v) is 1.39. The number of nitrogens with one attached hydrogen (secondary N) is 1. The maximum atomic E-state index is 4.27. The molecule has 0 saturated heterocycles. The van der Waals surface area contributed by atoms with Crippen LogP contribution in [-0.2, 0) is 7.05 Å². The van der Waals surface area contributed by atoms with Gasteiger partial charge in [-0.25, -0.2) is 9.97 Å². The number of hydrogen-bond donors (Lipinski definition) is 1. The second-order valence-electron chi connectivity index (χ2n) is 3.44. The van der Waals surface area contributed by atoms with Crippen LogP contribution in [0.3, 0.4) is 0 Å². The van der Waals surface area contributed by atoms with E-state index in [4.69, 9.17) is 0 Å². The predicted molar refractivity (Wildman–Crippen MR) is 58.0 cm³/mol. The normalized spacial score (nSPS) is 10.3. The van der Waals surface area contributed by atoms with Gasteiger partial charge in [0.15, 0.2) is 5.82 Å². The third-order valence-corrected chi connectivity index (χ3v) is 1.94. The van der Waals surface area contributed by atoms with Crippen molar-refractivity contribution < 1.29 is 0 Å². The molecule has 5 heteroatoms. The molecule has 2 rings (SSSR count). The van der Waals surface area contributed by atoms with Gasteiger partial charge in [-0.05, 0) is 13.8 Å². The molecule has 0 unspecified atom stereocenters. The molecule has 0 fully saturated rings. The standard InChI is InChI=1S/C10H13N5/c1-7-6-10(12-8(2)11-7)13-9-4-5-15(3)14-9/h4-6H,1-3H3,(H,11,12,13,14). The van der Waals surface area contributed by atoms with Crippen LogP contribution in [0.1, 0.15) is 11.5 Å². The summed E-state index contributed by atoms with van der Waals surface area (Å²) in [7, 11) is 1.88. The van der Waals surface area contributed by atoms with Crippen molar-refractivity contribution in [2.75, 3.05) is 5.32 Å². The lowest BCUT2D eigenvalue weighted by Crippen LogP contribution is -1.99. The highest BCUT2D eigenvalue weighted by Crippen LogP contribution is 2.12. The Morgan fingerprint density at radius 2 is 2.00 bits per heavy atom. The van der Waals surface area contributed by atoms with Gasteiger partial charge in [0.1, 0.15) is 11.6 Å². The van der Waals surface area contributed by atoms with E-state index in [1.165, 1.54) is 0 Å². The summed E-state index contributed by atoms with van der Waals surface area (Å²) in [6, 6.07) is 3.79. The van der Waals surface area contributed by atoms with E-state index >= 15 is 0 Å². The molecule has 0 spiro atoms. The number of nitrogens with zero attached hydrogens (tertiary/aromatic N) is 4. The molecule has 0 aliphatic rings. The molecule has 0 aromatic carbocycles. The molecule has 0 amide bonds. The van der Waals surface area contributed by atoms with Crippen molar-refractivity contribution in [1.29, 1.82) is 0 Å². The Hall–Kier alpha value is -1.91. The molecule has 0 atom stereocenters. The minimum Gasteiger partial charge on any atom is -0.323 e. The van der Waals surface area contributed by atoms with Crippen molar-refractivity contribution in [2.24, 2.45) is 7.05 Å². The first-order valence-electron chi connectivity index (χ1n) is 4.72. The Bertz CT molecular complexity index is 454. The van der Waals surface area contributed by atoms with E-state index in [2.05, 4.69) is 20.4 Å². The lowest BCUT2D eigenvalue weighted by molar-refractivity contribution is 0.771. The smallest absolute Gasteiger partial charge is 0.153 e. The summed E-state index contributed by atoms with van der Waals surface area (Å²) in [4.78, 5) is 8.47. The zero-order valence-corrected chi connectivity index (χ0v) is 9.02. The summed E-state index contributed by atoms with van der Waals surface area (Å²) in [6.07, 6.45) is 1.88. The second-order valence-corrected chi connectivity index (χ2v) is 3.44. The van der Waals surface area contributed by atoms with E-state index in [9.17, 15) is 0 Å².